The molecule has 0 radical (unpaired) electrons. The molecule has 3 heterocycles. The van der Waals surface area contributed by atoms with Gasteiger partial charge in [-0.25, -0.2) is 4.98 Å². The zero-order valence-electron chi connectivity index (χ0n) is 20.8. The largest absolute Gasteiger partial charge is 0.373 e. The lowest BCUT2D eigenvalue weighted by atomic mass is 9.94. The van der Waals surface area contributed by atoms with E-state index in [1.54, 1.807) is 0 Å². The quantitative estimate of drug-likeness (QED) is 0.451. The van der Waals surface area contributed by atoms with Crippen LogP contribution in [0.1, 0.15) is 43.0 Å². The fraction of sp³-hybridized carbons (Fsp3) is 0.333. The molecule has 5 heteroatoms. The van der Waals surface area contributed by atoms with Crippen molar-refractivity contribution < 1.29 is 0 Å². The summed E-state index contributed by atoms with van der Waals surface area (Å²) in [5.74, 6) is 0. The van der Waals surface area contributed by atoms with Crippen LogP contribution in [0.2, 0.25) is 0 Å². The molecule has 178 valence electrons. The number of hydrogen-bond acceptors (Lipinski definition) is 4. The second-order valence-electron chi connectivity index (χ2n) is 9.55. The molecule has 1 fully saturated rings. The molecule has 5 rings (SSSR count). The number of imidazole rings is 1. The van der Waals surface area contributed by atoms with Crippen molar-refractivity contribution in [2.24, 2.45) is 0 Å². The molecule has 0 spiro atoms. The van der Waals surface area contributed by atoms with E-state index in [0.717, 1.165) is 85.6 Å². The monoisotopic (exact) mass is 463 g/mol. The number of hydrogen-bond donors (Lipinski definition) is 0. The molecule has 0 atom stereocenters. The van der Waals surface area contributed by atoms with Gasteiger partial charge in [0.1, 0.15) is 5.65 Å². The third kappa shape index (κ3) is 4.67. The zero-order valence-corrected chi connectivity index (χ0v) is 20.8. The molecule has 3 aromatic rings. The van der Waals surface area contributed by atoms with Crippen molar-refractivity contribution >= 4 is 11.2 Å². The minimum absolute atomic E-state index is 0.805. The number of benzene rings is 1. The summed E-state index contributed by atoms with van der Waals surface area (Å²) in [6, 6.07) is 15.3. The Bertz CT molecular complexity index is 1340. The molecule has 0 bridgehead atoms. The third-order valence-electron chi connectivity index (χ3n) is 7.26. The number of aryl methyl sites for hydroxylation is 1. The van der Waals surface area contributed by atoms with Crippen LogP contribution in [0.5, 0.6) is 0 Å². The van der Waals surface area contributed by atoms with E-state index in [4.69, 9.17) is 4.98 Å². The van der Waals surface area contributed by atoms with Crippen LogP contribution >= 0.6 is 0 Å². The predicted molar refractivity (Wildman–Crippen MR) is 143 cm³/mol. The molecule has 2 aliphatic rings. The summed E-state index contributed by atoms with van der Waals surface area (Å²) in [6.07, 6.45) is 9.17. The number of allylic oxidation sites excluding steroid dienone is 5. The topological polar surface area (TPSA) is 47.6 Å². The highest BCUT2D eigenvalue weighted by Gasteiger charge is 2.22. The maximum atomic E-state index is 9.68. The fourth-order valence-corrected chi connectivity index (χ4v) is 5.05. The molecule has 1 aliphatic heterocycles. The second kappa shape index (κ2) is 9.93. The Morgan fingerprint density at radius 2 is 1.80 bits per heavy atom. The molecule has 35 heavy (non-hydrogen) atoms. The van der Waals surface area contributed by atoms with Gasteiger partial charge in [-0.15, -0.1) is 0 Å². The lowest BCUT2D eigenvalue weighted by Gasteiger charge is -2.36. The van der Waals surface area contributed by atoms with Crippen LogP contribution in [0.15, 0.2) is 72.6 Å². The Labute approximate surface area is 208 Å². The molecular formula is C30H33N5. The van der Waals surface area contributed by atoms with Crippen LogP contribution in [0.4, 0.5) is 0 Å². The first-order valence-electron chi connectivity index (χ1n) is 12.6. The van der Waals surface area contributed by atoms with Crippen molar-refractivity contribution in [3.8, 4) is 17.3 Å². The molecule has 2 aromatic heterocycles. The van der Waals surface area contributed by atoms with Gasteiger partial charge in [0.05, 0.1) is 17.5 Å². The molecule has 0 amide bonds. The first-order chi connectivity index (χ1) is 17.1. The number of rotatable bonds is 6. The standard InChI is InChI=1S/C30H33N5/c1-4-23(3)34-17-15-33(16-18-34)21-28-30(24-11-9-22(2)10-12-24)32-29-14-13-26(20-35(28)29)27-8-6-5-7-25(27)19-31/h6,8-14,20H,3-5,7,15-18,21H2,1-2H3. The van der Waals surface area contributed by atoms with E-state index in [9.17, 15) is 5.26 Å². The summed E-state index contributed by atoms with van der Waals surface area (Å²) in [4.78, 5) is 10.0. The van der Waals surface area contributed by atoms with Crippen molar-refractivity contribution in [3.63, 3.8) is 0 Å². The highest BCUT2D eigenvalue weighted by molar-refractivity contribution is 5.80. The Kier molecular flexibility index (Phi) is 6.57. The van der Waals surface area contributed by atoms with Gasteiger partial charge < -0.3 is 9.30 Å². The van der Waals surface area contributed by atoms with Gasteiger partial charge in [-0.2, -0.15) is 5.26 Å². The molecule has 0 unspecified atom stereocenters. The summed E-state index contributed by atoms with van der Waals surface area (Å²) in [6.45, 7) is 13.4. The molecule has 0 N–H and O–H groups in total. The number of nitrogens with zero attached hydrogens (tertiary/aromatic N) is 5. The van der Waals surface area contributed by atoms with Gasteiger partial charge in [0.2, 0.25) is 0 Å². The van der Waals surface area contributed by atoms with Gasteiger partial charge in [-0.3, -0.25) is 4.90 Å². The van der Waals surface area contributed by atoms with Crippen LogP contribution in [-0.2, 0) is 6.54 Å². The Balaban J connectivity index is 1.55. The average molecular weight is 464 g/mol. The summed E-state index contributed by atoms with van der Waals surface area (Å²) in [7, 11) is 0. The highest BCUT2D eigenvalue weighted by Crippen LogP contribution is 2.31. The van der Waals surface area contributed by atoms with E-state index < -0.39 is 0 Å². The summed E-state index contributed by atoms with van der Waals surface area (Å²) >= 11 is 0. The van der Waals surface area contributed by atoms with Crippen molar-refractivity contribution in [1.29, 1.82) is 5.26 Å². The number of pyridine rings is 1. The Hall–Kier alpha value is -3.62. The van der Waals surface area contributed by atoms with E-state index in [1.165, 1.54) is 17.0 Å². The number of piperazine rings is 1. The summed E-state index contributed by atoms with van der Waals surface area (Å²) in [5, 5.41) is 9.68. The Morgan fingerprint density at radius 1 is 1.06 bits per heavy atom. The molecule has 5 nitrogen and oxygen atoms in total. The zero-order chi connectivity index (χ0) is 24.4. The SMILES string of the molecule is C=C(CC)N1CCN(Cc2c(-c3ccc(C)cc3)nc3ccc(C4=C(C#N)CCC=C4)cn23)CC1. The van der Waals surface area contributed by atoms with Gasteiger partial charge in [0.15, 0.2) is 0 Å². The van der Waals surface area contributed by atoms with Gasteiger partial charge >= 0.3 is 0 Å². The molecule has 0 saturated carbocycles. The van der Waals surface area contributed by atoms with E-state index in [-0.39, 0.29) is 0 Å². The van der Waals surface area contributed by atoms with Gasteiger partial charge in [-0.05, 0) is 49.5 Å². The number of fused-ring (bicyclic) bond motifs is 1. The molecule has 1 saturated heterocycles. The fourth-order valence-electron chi connectivity index (χ4n) is 5.05. The Morgan fingerprint density at radius 3 is 2.51 bits per heavy atom. The van der Waals surface area contributed by atoms with Crippen molar-refractivity contribution in [3.05, 3.63) is 89.4 Å². The second-order valence-corrected chi connectivity index (χ2v) is 9.55. The van der Waals surface area contributed by atoms with E-state index >= 15 is 0 Å². The van der Waals surface area contributed by atoms with E-state index in [2.05, 4.69) is 95.4 Å². The summed E-state index contributed by atoms with van der Waals surface area (Å²) in [5.41, 5.74) is 9.76. The first kappa shape index (κ1) is 23.1. The lowest BCUT2D eigenvalue weighted by Crippen LogP contribution is -2.45. The van der Waals surface area contributed by atoms with Crippen LogP contribution < -0.4 is 0 Å². The molecule has 1 aliphatic carbocycles. The van der Waals surface area contributed by atoms with Crippen LogP contribution in [-0.4, -0.2) is 45.4 Å². The maximum absolute atomic E-state index is 9.68. The van der Waals surface area contributed by atoms with E-state index in [1.807, 2.05) is 0 Å². The van der Waals surface area contributed by atoms with Crippen molar-refractivity contribution in [2.75, 3.05) is 26.2 Å². The van der Waals surface area contributed by atoms with Gasteiger partial charge in [0, 0.05) is 55.8 Å². The number of aromatic nitrogens is 2. The van der Waals surface area contributed by atoms with Crippen molar-refractivity contribution in [2.45, 2.75) is 39.7 Å². The lowest BCUT2D eigenvalue weighted by molar-refractivity contribution is 0.149. The summed E-state index contributed by atoms with van der Waals surface area (Å²) < 4.78 is 2.24. The smallest absolute Gasteiger partial charge is 0.137 e. The minimum atomic E-state index is 0.805. The molecule has 1 aromatic carbocycles. The highest BCUT2D eigenvalue weighted by atomic mass is 15.3. The number of nitriles is 1. The minimum Gasteiger partial charge on any atom is -0.373 e. The van der Waals surface area contributed by atoms with Crippen LogP contribution in [0.3, 0.4) is 0 Å². The normalized spacial score (nSPS) is 16.7. The van der Waals surface area contributed by atoms with Crippen LogP contribution in [0.25, 0.3) is 22.5 Å². The van der Waals surface area contributed by atoms with E-state index in [0.29, 0.717) is 0 Å². The first-order valence-corrected chi connectivity index (χ1v) is 12.6. The predicted octanol–water partition coefficient (Wildman–Crippen LogP) is 5.98. The van der Waals surface area contributed by atoms with Crippen LogP contribution in [0, 0.1) is 18.3 Å². The van der Waals surface area contributed by atoms with Crippen molar-refractivity contribution in [1.82, 2.24) is 19.2 Å². The average Bonchev–Trinajstić information content (AvgIpc) is 3.26. The van der Waals surface area contributed by atoms with Gasteiger partial charge in [0.25, 0.3) is 0 Å². The third-order valence-corrected chi connectivity index (χ3v) is 7.26. The maximum Gasteiger partial charge on any atom is 0.137 e. The molecular weight excluding hydrogens is 430 g/mol. The van der Waals surface area contributed by atoms with Gasteiger partial charge in [-0.1, -0.05) is 55.5 Å².